The van der Waals surface area contributed by atoms with Gasteiger partial charge in [-0.25, -0.2) is 0 Å². The third-order valence-corrected chi connectivity index (χ3v) is 6.51. The van der Waals surface area contributed by atoms with Crippen molar-refractivity contribution in [3.63, 3.8) is 0 Å². The number of unbranched alkanes of at least 4 members (excludes halogenated alkanes) is 4. The second-order valence-corrected chi connectivity index (χ2v) is 9.52. The van der Waals surface area contributed by atoms with Crippen LogP contribution in [0.1, 0.15) is 97.5 Å². The molecule has 192 valence electrons. The van der Waals surface area contributed by atoms with Crippen LogP contribution in [-0.4, -0.2) is 40.7 Å². The molecule has 2 aromatic rings. The largest absolute Gasteiger partial charge is 0.392 e. The monoisotopic (exact) mass is 468 g/mol. The Bertz CT molecular complexity index is 755. The molecule has 2 atom stereocenters. The van der Waals surface area contributed by atoms with Crippen LogP contribution >= 0.6 is 0 Å². The van der Waals surface area contributed by atoms with E-state index >= 15 is 0 Å². The van der Waals surface area contributed by atoms with Gasteiger partial charge in [-0.15, -0.1) is 6.58 Å². The molecule has 34 heavy (non-hydrogen) atoms. The molecule has 3 nitrogen and oxygen atoms in total. The second kappa shape index (κ2) is 19.6. The van der Waals surface area contributed by atoms with Crippen LogP contribution in [0.25, 0.3) is 10.9 Å². The zero-order valence-corrected chi connectivity index (χ0v) is 22.6. The first-order chi connectivity index (χ1) is 16.6. The third-order valence-electron chi connectivity index (χ3n) is 6.51. The van der Waals surface area contributed by atoms with Gasteiger partial charge in [0.05, 0.1) is 11.6 Å². The molecule has 0 bridgehead atoms. The summed E-state index contributed by atoms with van der Waals surface area (Å²) < 4.78 is 0. The molecule has 0 saturated carbocycles. The van der Waals surface area contributed by atoms with Gasteiger partial charge in [-0.05, 0) is 68.8 Å². The number of aliphatic hydroxyl groups excluding tert-OH is 1. The van der Waals surface area contributed by atoms with Crippen LogP contribution in [-0.2, 0) is 6.42 Å². The van der Waals surface area contributed by atoms with E-state index in [-0.39, 0.29) is 6.10 Å². The van der Waals surface area contributed by atoms with Crippen molar-refractivity contribution in [1.82, 2.24) is 9.88 Å². The van der Waals surface area contributed by atoms with Crippen LogP contribution in [0.2, 0.25) is 0 Å². The number of benzene rings is 1. The highest BCUT2D eigenvalue weighted by Gasteiger charge is 2.12. The van der Waals surface area contributed by atoms with Crippen molar-refractivity contribution >= 4 is 10.9 Å². The van der Waals surface area contributed by atoms with Crippen molar-refractivity contribution in [2.45, 2.75) is 104 Å². The highest BCUT2D eigenvalue weighted by molar-refractivity contribution is 5.81. The van der Waals surface area contributed by atoms with Gasteiger partial charge in [0.25, 0.3) is 0 Å². The average molecular weight is 469 g/mol. The van der Waals surface area contributed by atoms with Gasteiger partial charge in [0, 0.05) is 18.1 Å². The lowest BCUT2D eigenvalue weighted by molar-refractivity contribution is 0.101. The molecule has 0 radical (unpaired) electrons. The minimum Gasteiger partial charge on any atom is -0.392 e. The number of pyridine rings is 1. The van der Waals surface area contributed by atoms with E-state index in [0.717, 1.165) is 63.2 Å². The van der Waals surface area contributed by atoms with Crippen LogP contribution in [0.15, 0.2) is 49.2 Å². The van der Waals surface area contributed by atoms with Crippen molar-refractivity contribution in [3.05, 3.63) is 54.7 Å². The number of aromatic nitrogens is 1. The van der Waals surface area contributed by atoms with E-state index < -0.39 is 0 Å². The first-order valence-electron chi connectivity index (χ1n) is 14.0. The van der Waals surface area contributed by atoms with E-state index in [4.69, 9.17) is 0 Å². The molecular formula is C31H52N2O. The standard InChI is InChI=1S/C29H46N2O.C2H6/c1-4-6-12-22-31(24-27(32)17-9-7-8-15-25(3)14-5-2)23-13-16-26-20-21-30-29-19-11-10-18-28(26)29;1-2/h5,10-11,18-21,25,27,32H,2,4,6-9,12-17,22-24H2,1,3H3;1-2H3/t25?,27-;/m1./s1. The maximum atomic E-state index is 10.7. The zero-order valence-electron chi connectivity index (χ0n) is 22.6. The SMILES string of the molecule is C=CCC(C)CCCCC[C@@H](O)CN(CCCCC)CCCc1ccnc2ccccc12.CC. The molecule has 1 aromatic carbocycles. The van der Waals surface area contributed by atoms with Gasteiger partial charge in [0.1, 0.15) is 0 Å². The Morgan fingerprint density at radius 1 is 0.971 bits per heavy atom. The van der Waals surface area contributed by atoms with Crippen LogP contribution in [0.5, 0.6) is 0 Å². The number of fused-ring (bicyclic) bond motifs is 1. The maximum Gasteiger partial charge on any atom is 0.0704 e. The van der Waals surface area contributed by atoms with E-state index in [1.807, 2.05) is 26.1 Å². The highest BCUT2D eigenvalue weighted by Crippen LogP contribution is 2.18. The predicted molar refractivity (Wildman–Crippen MR) is 150 cm³/mol. The lowest BCUT2D eigenvalue weighted by atomic mass is 9.99. The van der Waals surface area contributed by atoms with Gasteiger partial charge in [0.15, 0.2) is 0 Å². The summed E-state index contributed by atoms with van der Waals surface area (Å²) >= 11 is 0. The van der Waals surface area contributed by atoms with E-state index in [2.05, 4.69) is 60.6 Å². The van der Waals surface area contributed by atoms with Gasteiger partial charge in [0.2, 0.25) is 0 Å². The quantitative estimate of drug-likeness (QED) is 0.177. The van der Waals surface area contributed by atoms with Crippen molar-refractivity contribution in [3.8, 4) is 0 Å². The van der Waals surface area contributed by atoms with Gasteiger partial charge in [-0.3, -0.25) is 4.98 Å². The Morgan fingerprint density at radius 3 is 2.47 bits per heavy atom. The van der Waals surface area contributed by atoms with Gasteiger partial charge >= 0.3 is 0 Å². The van der Waals surface area contributed by atoms with Gasteiger partial charge in [-0.1, -0.05) is 90.5 Å². The van der Waals surface area contributed by atoms with Crippen LogP contribution in [0.3, 0.4) is 0 Å². The topological polar surface area (TPSA) is 36.4 Å². The van der Waals surface area contributed by atoms with Crippen LogP contribution in [0, 0.1) is 5.92 Å². The molecule has 0 aliphatic carbocycles. The van der Waals surface area contributed by atoms with Crippen molar-refractivity contribution in [2.24, 2.45) is 5.92 Å². The number of nitrogens with zero attached hydrogens (tertiary/aromatic N) is 2. The molecule has 0 amide bonds. The first-order valence-corrected chi connectivity index (χ1v) is 14.0. The summed E-state index contributed by atoms with van der Waals surface area (Å²) in [6.07, 6.45) is 16.6. The van der Waals surface area contributed by atoms with Crippen molar-refractivity contribution in [1.29, 1.82) is 0 Å². The number of hydrogen-bond acceptors (Lipinski definition) is 3. The van der Waals surface area contributed by atoms with Gasteiger partial charge < -0.3 is 10.0 Å². The number of aryl methyl sites for hydroxylation is 1. The molecule has 0 spiro atoms. The average Bonchev–Trinajstić information content (AvgIpc) is 2.85. The number of aliphatic hydroxyl groups is 1. The number of rotatable bonds is 18. The molecule has 2 rings (SSSR count). The third kappa shape index (κ3) is 12.7. The predicted octanol–water partition coefficient (Wildman–Crippen LogP) is 8.21. The molecule has 0 fully saturated rings. The number of allylic oxidation sites excluding steroid dienone is 1. The fourth-order valence-electron chi connectivity index (χ4n) is 4.59. The highest BCUT2D eigenvalue weighted by atomic mass is 16.3. The van der Waals surface area contributed by atoms with E-state index in [0.29, 0.717) is 0 Å². The Hall–Kier alpha value is -1.71. The molecule has 0 saturated heterocycles. The van der Waals surface area contributed by atoms with E-state index in [1.165, 1.54) is 49.5 Å². The Kier molecular flexibility index (Phi) is 17.5. The van der Waals surface area contributed by atoms with E-state index in [1.54, 1.807) is 0 Å². The lowest BCUT2D eigenvalue weighted by Gasteiger charge is -2.25. The first kappa shape index (κ1) is 30.3. The summed E-state index contributed by atoms with van der Waals surface area (Å²) in [6.45, 7) is 15.4. The molecule has 3 heteroatoms. The summed E-state index contributed by atoms with van der Waals surface area (Å²) in [5.74, 6) is 0.740. The maximum absolute atomic E-state index is 10.7. The van der Waals surface area contributed by atoms with Crippen molar-refractivity contribution < 1.29 is 5.11 Å². The smallest absolute Gasteiger partial charge is 0.0704 e. The molecule has 1 N–H and O–H groups in total. The normalized spacial score (nSPS) is 12.9. The molecule has 0 aliphatic rings. The zero-order chi connectivity index (χ0) is 25.0. The van der Waals surface area contributed by atoms with Crippen LogP contribution < -0.4 is 0 Å². The Labute approximate surface area is 210 Å². The summed E-state index contributed by atoms with van der Waals surface area (Å²) in [6, 6.07) is 10.6. The summed E-state index contributed by atoms with van der Waals surface area (Å²) in [5.41, 5.74) is 2.47. The molecular weight excluding hydrogens is 416 g/mol. The van der Waals surface area contributed by atoms with E-state index in [9.17, 15) is 5.11 Å². The Balaban J connectivity index is 0.00000281. The fourth-order valence-corrected chi connectivity index (χ4v) is 4.59. The molecule has 1 unspecified atom stereocenters. The summed E-state index contributed by atoms with van der Waals surface area (Å²) in [4.78, 5) is 6.98. The minimum absolute atomic E-state index is 0.205. The van der Waals surface area contributed by atoms with Gasteiger partial charge in [-0.2, -0.15) is 0 Å². The summed E-state index contributed by atoms with van der Waals surface area (Å²) in [5, 5.41) is 11.9. The lowest BCUT2D eigenvalue weighted by Crippen LogP contribution is -2.34. The molecule has 1 aromatic heterocycles. The second-order valence-electron chi connectivity index (χ2n) is 9.52. The molecule has 1 heterocycles. The fraction of sp³-hybridized carbons (Fsp3) is 0.645. The number of hydrogen-bond donors (Lipinski definition) is 1. The summed E-state index contributed by atoms with van der Waals surface area (Å²) in [7, 11) is 0. The van der Waals surface area contributed by atoms with Crippen molar-refractivity contribution in [2.75, 3.05) is 19.6 Å². The Morgan fingerprint density at radius 2 is 1.71 bits per heavy atom. The minimum atomic E-state index is -0.205. The molecule has 0 aliphatic heterocycles. The number of para-hydroxylation sites is 1. The van der Waals surface area contributed by atoms with Crippen LogP contribution in [0.4, 0.5) is 0 Å².